The SMILES string of the molecule is Cc1cccc2c(C(=O)N3CCSCC3)cc(-c3cnn(C)c3)nc12. The molecule has 0 N–H and O–H groups in total. The first-order valence-corrected chi connectivity index (χ1v) is 9.55. The number of amides is 1. The highest BCUT2D eigenvalue weighted by atomic mass is 32.2. The Morgan fingerprint density at radius 1 is 1.24 bits per heavy atom. The van der Waals surface area contributed by atoms with Crippen LogP contribution < -0.4 is 0 Å². The lowest BCUT2D eigenvalue weighted by Gasteiger charge is -2.27. The fourth-order valence-electron chi connectivity index (χ4n) is 3.21. The average molecular weight is 352 g/mol. The fourth-order valence-corrected chi connectivity index (χ4v) is 4.11. The van der Waals surface area contributed by atoms with Gasteiger partial charge in [-0.3, -0.25) is 9.48 Å². The van der Waals surface area contributed by atoms with Crippen molar-refractivity contribution in [2.45, 2.75) is 6.92 Å². The summed E-state index contributed by atoms with van der Waals surface area (Å²) in [5, 5.41) is 5.17. The monoisotopic (exact) mass is 352 g/mol. The zero-order valence-electron chi connectivity index (χ0n) is 14.4. The van der Waals surface area contributed by atoms with Crippen LogP contribution in [-0.2, 0) is 7.05 Å². The molecule has 4 rings (SSSR count). The predicted octanol–water partition coefficient (Wildman–Crippen LogP) is 3.13. The second-order valence-electron chi connectivity index (χ2n) is 6.33. The standard InChI is InChI=1S/C19H20N4OS/c1-13-4-3-5-15-16(19(24)23-6-8-25-9-7-23)10-17(21-18(13)15)14-11-20-22(2)12-14/h3-5,10-12H,6-9H2,1-2H3. The highest BCUT2D eigenvalue weighted by Crippen LogP contribution is 2.28. The summed E-state index contributed by atoms with van der Waals surface area (Å²) in [5.74, 6) is 2.11. The van der Waals surface area contributed by atoms with Crippen molar-refractivity contribution in [3.8, 4) is 11.3 Å². The Bertz CT molecular complexity index is 944. The van der Waals surface area contributed by atoms with Crippen LogP contribution in [0.2, 0.25) is 0 Å². The van der Waals surface area contributed by atoms with Gasteiger partial charge in [-0.2, -0.15) is 16.9 Å². The second-order valence-corrected chi connectivity index (χ2v) is 7.56. The molecule has 25 heavy (non-hydrogen) atoms. The van der Waals surface area contributed by atoms with Gasteiger partial charge in [-0.1, -0.05) is 18.2 Å². The number of aryl methyl sites for hydroxylation is 2. The first kappa shape index (κ1) is 16.1. The molecule has 1 aliphatic heterocycles. The number of para-hydroxylation sites is 1. The highest BCUT2D eigenvalue weighted by Gasteiger charge is 2.22. The van der Waals surface area contributed by atoms with Crippen molar-refractivity contribution in [3.05, 3.63) is 47.8 Å². The van der Waals surface area contributed by atoms with E-state index in [-0.39, 0.29) is 5.91 Å². The fraction of sp³-hybridized carbons (Fsp3) is 0.316. The summed E-state index contributed by atoms with van der Waals surface area (Å²) in [7, 11) is 1.88. The van der Waals surface area contributed by atoms with E-state index in [2.05, 4.69) is 5.10 Å². The third-order valence-electron chi connectivity index (χ3n) is 4.57. The molecule has 1 aliphatic rings. The maximum atomic E-state index is 13.2. The number of carbonyl (C=O) groups excluding carboxylic acids is 1. The first-order valence-electron chi connectivity index (χ1n) is 8.40. The number of hydrogen-bond acceptors (Lipinski definition) is 4. The molecular formula is C19H20N4OS. The minimum atomic E-state index is 0.100. The van der Waals surface area contributed by atoms with Gasteiger partial charge in [0.1, 0.15) is 0 Å². The van der Waals surface area contributed by atoms with Crippen molar-refractivity contribution in [2.75, 3.05) is 24.6 Å². The Kier molecular flexibility index (Phi) is 4.21. The van der Waals surface area contributed by atoms with Crippen LogP contribution in [0.5, 0.6) is 0 Å². The lowest BCUT2D eigenvalue weighted by Crippen LogP contribution is -2.38. The molecule has 3 aromatic rings. The minimum absolute atomic E-state index is 0.100. The van der Waals surface area contributed by atoms with Gasteiger partial charge in [-0.05, 0) is 18.6 Å². The number of benzene rings is 1. The van der Waals surface area contributed by atoms with E-state index in [9.17, 15) is 4.79 Å². The van der Waals surface area contributed by atoms with Gasteiger partial charge in [0.25, 0.3) is 5.91 Å². The molecule has 0 radical (unpaired) electrons. The lowest BCUT2D eigenvalue weighted by atomic mass is 10.0. The molecule has 0 bridgehead atoms. The molecule has 1 amide bonds. The van der Waals surface area contributed by atoms with Crippen molar-refractivity contribution in [1.82, 2.24) is 19.7 Å². The number of hydrogen-bond donors (Lipinski definition) is 0. The molecule has 2 aromatic heterocycles. The molecule has 0 spiro atoms. The molecule has 128 valence electrons. The number of pyridine rings is 1. The van der Waals surface area contributed by atoms with Gasteiger partial charge in [-0.25, -0.2) is 4.98 Å². The quantitative estimate of drug-likeness (QED) is 0.711. The van der Waals surface area contributed by atoms with Crippen LogP contribution in [-0.4, -0.2) is 50.2 Å². The Hall–Kier alpha value is -2.34. The van der Waals surface area contributed by atoms with Crippen LogP contribution in [0.4, 0.5) is 0 Å². The molecule has 1 fully saturated rings. The zero-order chi connectivity index (χ0) is 17.4. The van der Waals surface area contributed by atoms with E-state index < -0.39 is 0 Å². The third kappa shape index (κ3) is 3.02. The highest BCUT2D eigenvalue weighted by molar-refractivity contribution is 7.99. The van der Waals surface area contributed by atoms with E-state index in [0.717, 1.165) is 57.9 Å². The summed E-state index contributed by atoms with van der Waals surface area (Å²) in [6.07, 6.45) is 3.72. The maximum Gasteiger partial charge on any atom is 0.254 e. The second kappa shape index (κ2) is 6.52. The molecular weight excluding hydrogens is 332 g/mol. The van der Waals surface area contributed by atoms with Crippen LogP contribution in [0.15, 0.2) is 36.7 Å². The number of fused-ring (bicyclic) bond motifs is 1. The molecule has 0 unspecified atom stereocenters. The largest absolute Gasteiger partial charge is 0.337 e. The molecule has 3 heterocycles. The van der Waals surface area contributed by atoms with E-state index in [4.69, 9.17) is 4.98 Å². The van der Waals surface area contributed by atoms with Crippen LogP contribution in [0, 0.1) is 6.92 Å². The summed E-state index contributed by atoms with van der Waals surface area (Å²) in [5.41, 5.74) is 4.42. The number of thioether (sulfide) groups is 1. The van der Waals surface area contributed by atoms with Gasteiger partial charge >= 0.3 is 0 Å². The number of rotatable bonds is 2. The van der Waals surface area contributed by atoms with Gasteiger partial charge in [0.05, 0.1) is 23.0 Å². The molecule has 1 aromatic carbocycles. The molecule has 0 atom stereocenters. The number of aromatic nitrogens is 3. The van der Waals surface area contributed by atoms with Crippen LogP contribution >= 0.6 is 11.8 Å². The van der Waals surface area contributed by atoms with E-state index in [1.165, 1.54) is 0 Å². The Balaban J connectivity index is 1.89. The van der Waals surface area contributed by atoms with Gasteiger partial charge in [0, 0.05) is 48.8 Å². The Morgan fingerprint density at radius 2 is 2.04 bits per heavy atom. The van der Waals surface area contributed by atoms with Gasteiger partial charge in [0.2, 0.25) is 0 Å². The predicted molar refractivity (Wildman–Crippen MR) is 102 cm³/mol. The third-order valence-corrected chi connectivity index (χ3v) is 5.51. The maximum absolute atomic E-state index is 13.2. The normalized spacial score (nSPS) is 14.9. The summed E-state index contributed by atoms with van der Waals surface area (Å²) < 4.78 is 1.75. The smallest absolute Gasteiger partial charge is 0.254 e. The Labute approximate surface area is 151 Å². The van der Waals surface area contributed by atoms with Crippen molar-refractivity contribution in [3.63, 3.8) is 0 Å². The average Bonchev–Trinajstić information content (AvgIpc) is 3.08. The number of nitrogens with zero attached hydrogens (tertiary/aromatic N) is 4. The van der Waals surface area contributed by atoms with E-state index in [1.54, 1.807) is 10.9 Å². The van der Waals surface area contributed by atoms with Crippen molar-refractivity contribution in [2.24, 2.45) is 7.05 Å². The summed E-state index contributed by atoms with van der Waals surface area (Å²) in [6.45, 7) is 3.65. The zero-order valence-corrected chi connectivity index (χ0v) is 15.2. The van der Waals surface area contributed by atoms with Crippen LogP contribution in [0.1, 0.15) is 15.9 Å². The van der Waals surface area contributed by atoms with Crippen molar-refractivity contribution >= 4 is 28.6 Å². The van der Waals surface area contributed by atoms with Gasteiger partial charge < -0.3 is 4.90 Å². The first-order chi connectivity index (χ1) is 12.1. The molecule has 0 aliphatic carbocycles. The van der Waals surface area contributed by atoms with Crippen molar-refractivity contribution in [1.29, 1.82) is 0 Å². The van der Waals surface area contributed by atoms with E-state index in [1.807, 2.05) is 61.1 Å². The Morgan fingerprint density at radius 3 is 2.76 bits per heavy atom. The summed E-state index contributed by atoms with van der Waals surface area (Å²) in [6, 6.07) is 7.94. The summed E-state index contributed by atoms with van der Waals surface area (Å²) >= 11 is 1.90. The molecule has 0 saturated carbocycles. The lowest BCUT2D eigenvalue weighted by molar-refractivity contribution is 0.0774. The van der Waals surface area contributed by atoms with Crippen molar-refractivity contribution < 1.29 is 4.79 Å². The molecule has 5 nitrogen and oxygen atoms in total. The van der Waals surface area contributed by atoms with Crippen LogP contribution in [0.25, 0.3) is 22.2 Å². The topological polar surface area (TPSA) is 51.0 Å². The number of carbonyl (C=O) groups is 1. The summed E-state index contributed by atoms with van der Waals surface area (Å²) in [4.78, 5) is 20.0. The van der Waals surface area contributed by atoms with E-state index >= 15 is 0 Å². The van der Waals surface area contributed by atoms with Gasteiger partial charge in [0.15, 0.2) is 0 Å². The van der Waals surface area contributed by atoms with Gasteiger partial charge in [-0.15, -0.1) is 0 Å². The molecule has 6 heteroatoms. The molecule has 1 saturated heterocycles. The van der Waals surface area contributed by atoms with E-state index in [0.29, 0.717) is 0 Å². The van der Waals surface area contributed by atoms with Crippen LogP contribution in [0.3, 0.4) is 0 Å². The minimum Gasteiger partial charge on any atom is -0.337 e.